The Balaban J connectivity index is 1.06. The second-order valence-electron chi connectivity index (χ2n) is 18.3. The van der Waals surface area contributed by atoms with E-state index in [1.54, 1.807) is 0 Å². The number of nitrogens with zero attached hydrogens (tertiary/aromatic N) is 6. The Morgan fingerprint density at radius 1 is 0.274 bits per heavy atom. The fraction of sp³-hybridized carbons (Fsp3) is 0.0156. The number of benzene rings is 10. The lowest BCUT2D eigenvalue weighted by atomic mass is 9.97. The molecule has 4 heterocycles. The largest absolute Gasteiger partial charge is 0.416 e. The molecule has 9 heteroatoms. The summed E-state index contributed by atoms with van der Waals surface area (Å²) in [5.41, 5.74) is 11.8. The summed E-state index contributed by atoms with van der Waals surface area (Å²) in [4.78, 5) is 15.1. The molecule has 0 spiro atoms. The number of fused-ring (bicyclic) bond motifs is 9. The van der Waals surface area contributed by atoms with Crippen LogP contribution in [-0.2, 0) is 6.18 Å². The summed E-state index contributed by atoms with van der Waals surface area (Å²) in [6.07, 6.45) is -4.52. The van der Waals surface area contributed by atoms with Crippen LogP contribution in [0.4, 0.5) is 13.2 Å². The highest BCUT2D eigenvalue weighted by Crippen LogP contribution is 2.42. The van der Waals surface area contributed by atoms with Crippen LogP contribution >= 0.6 is 0 Å². The Morgan fingerprint density at radius 3 is 1.07 bits per heavy atom. The minimum absolute atomic E-state index is 0.388. The van der Waals surface area contributed by atoms with Gasteiger partial charge in [0, 0.05) is 66.1 Å². The van der Waals surface area contributed by atoms with E-state index in [4.69, 9.17) is 15.0 Å². The average molecular weight is 949 g/mol. The van der Waals surface area contributed by atoms with Crippen molar-refractivity contribution >= 4 is 65.4 Å². The van der Waals surface area contributed by atoms with Crippen LogP contribution in [0, 0.1) is 0 Å². The number of hydrogen-bond donors (Lipinski definition) is 0. The quantitative estimate of drug-likeness (QED) is 0.160. The van der Waals surface area contributed by atoms with Crippen LogP contribution in [0.5, 0.6) is 0 Å². The molecule has 6 nitrogen and oxygen atoms in total. The number of aromatic nitrogens is 6. The van der Waals surface area contributed by atoms with Gasteiger partial charge in [0.2, 0.25) is 0 Å². The smallest absolute Gasteiger partial charge is 0.309 e. The molecule has 0 amide bonds. The van der Waals surface area contributed by atoms with Gasteiger partial charge in [0.1, 0.15) is 0 Å². The lowest BCUT2D eigenvalue weighted by molar-refractivity contribution is -0.137. The molecule has 0 saturated carbocycles. The molecule has 0 saturated heterocycles. The molecule has 0 bridgehead atoms. The van der Waals surface area contributed by atoms with E-state index in [-0.39, 0.29) is 0 Å². The van der Waals surface area contributed by atoms with Crippen LogP contribution in [0.15, 0.2) is 237 Å². The van der Waals surface area contributed by atoms with Gasteiger partial charge >= 0.3 is 6.18 Å². The summed E-state index contributed by atoms with van der Waals surface area (Å²) in [7, 11) is 0. The number of alkyl halides is 3. The fourth-order valence-electron chi connectivity index (χ4n) is 10.8. The van der Waals surface area contributed by atoms with E-state index in [1.165, 1.54) is 12.1 Å². The Bertz CT molecular complexity index is 4140. The molecule has 4 aromatic heterocycles. The van der Waals surface area contributed by atoms with Gasteiger partial charge < -0.3 is 13.7 Å². The van der Waals surface area contributed by atoms with E-state index >= 15 is 0 Å². The lowest BCUT2D eigenvalue weighted by Crippen LogP contribution is -2.04. The molecule has 0 unspecified atom stereocenters. The molecular formula is C64H39F3N6. The van der Waals surface area contributed by atoms with Gasteiger partial charge in [-0.1, -0.05) is 158 Å². The van der Waals surface area contributed by atoms with E-state index in [2.05, 4.69) is 159 Å². The molecule has 0 aliphatic rings. The van der Waals surface area contributed by atoms with E-state index < -0.39 is 11.7 Å². The van der Waals surface area contributed by atoms with Crippen LogP contribution < -0.4 is 0 Å². The highest BCUT2D eigenvalue weighted by Gasteiger charge is 2.30. The summed E-state index contributed by atoms with van der Waals surface area (Å²) in [6, 6.07) is 78.2. The Labute approximate surface area is 416 Å². The minimum Gasteiger partial charge on any atom is -0.309 e. The lowest BCUT2D eigenvalue weighted by Gasteiger charge is -2.17. The van der Waals surface area contributed by atoms with Crippen molar-refractivity contribution < 1.29 is 13.2 Å². The van der Waals surface area contributed by atoms with E-state index in [9.17, 15) is 13.2 Å². The minimum atomic E-state index is -4.52. The van der Waals surface area contributed by atoms with Crippen molar-refractivity contribution in [3.63, 3.8) is 0 Å². The zero-order valence-corrected chi connectivity index (χ0v) is 38.8. The molecule has 10 aromatic carbocycles. The predicted octanol–water partition coefficient (Wildman–Crippen LogP) is 16.8. The van der Waals surface area contributed by atoms with Crippen LogP contribution in [0.2, 0.25) is 0 Å². The van der Waals surface area contributed by atoms with Gasteiger partial charge in [-0.05, 0) is 90.0 Å². The molecule has 0 aliphatic carbocycles. The van der Waals surface area contributed by atoms with Crippen molar-refractivity contribution in [3.8, 4) is 62.4 Å². The second-order valence-corrected chi connectivity index (χ2v) is 18.3. The first-order chi connectivity index (χ1) is 35.8. The maximum absolute atomic E-state index is 14.2. The van der Waals surface area contributed by atoms with Gasteiger partial charge in [0.25, 0.3) is 0 Å². The number of rotatable bonds is 7. The summed E-state index contributed by atoms with van der Waals surface area (Å²) in [5, 5.41) is 6.74. The predicted molar refractivity (Wildman–Crippen MR) is 290 cm³/mol. The maximum atomic E-state index is 14.2. The Kier molecular flexibility index (Phi) is 9.56. The standard InChI is InChI=1S/C64H39F3N6/c65-64(66,67)43-29-27-40(28-30-43)54-37-44(33-36-53(54)63-69-61(41-15-3-1-4-16-41)68-62(70-63)42-17-5-2-6-18-42)73-59-38-45(71-55-23-11-7-19-47(55)48-20-8-12-24-56(48)71)31-34-51(59)52-35-32-46(39-60(52)73)72-57-25-13-9-21-49(57)50-22-10-14-26-58(50)72/h1-39H. The van der Waals surface area contributed by atoms with Crippen molar-refractivity contribution in [3.05, 3.63) is 242 Å². The average Bonchev–Trinajstić information content (AvgIpc) is 4.08. The maximum Gasteiger partial charge on any atom is 0.416 e. The van der Waals surface area contributed by atoms with Gasteiger partial charge in [-0.2, -0.15) is 13.2 Å². The van der Waals surface area contributed by atoms with Crippen molar-refractivity contribution in [1.82, 2.24) is 28.7 Å². The van der Waals surface area contributed by atoms with Crippen LogP contribution in [0.3, 0.4) is 0 Å². The van der Waals surface area contributed by atoms with Crippen molar-refractivity contribution in [2.24, 2.45) is 0 Å². The van der Waals surface area contributed by atoms with Gasteiger partial charge in [-0.15, -0.1) is 0 Å². The Hall–Kier alpha value is -9.60. The normalized spacial score (nSPS) is 12.0. The zero-order valence-electron chi connectivity index (χ0n) is 38.8. The van der Waals surface area contributed by atoms with Crippen LogP contribution in [-0.4, -0.2) is 28.7 Å². The first-order valence-corrected chi connectivity index (χ1v) is 24.1. The van der Waals surface area contributed by atoms with E-state index in [0.717, 1.165) is 106 Å². The zero-order chi connectivity index (χ0) is 48.8. The van der Waals surface area contributed by atoms with Crippen LogP contribution in [0.1, 0.15) is 5.56 Å². The molecule has 346 valence electrons. The number of para-hydroxylation sites is 4. The van der Waals surface area contributed by atoms with Gasteiger partial charge in [-0.25, -0.2) is 15.0 Å². The highest BCUT2D eigenvalue weighted by molar-refractivity contribution is 6.13. The van der Waals surface area contributed by atoms with Crippen molar-refractivity contribution in [1.29, 1.82) is 0 Å². The molecule has 14 aromatic rings. The summed E-state index contributed by atoms with van der Waals surface area (Å²) in [6.45, 7) is 0. The highest BCUT2D eigenvalue weighted by atomic mass is 19.4. The summed E-state index contributed by atoms with van der Waals surface area (Å²) < 4.78 is 49.5. The topological polar surface area (TPSA) is 53.5 Å². The molecule has 0 fully saturated rings. The molecule has 0 aliphatic heterocycles. The molecule has 0 radical (unpaired) electrons. The first-order valence-electron chi connectivity index (χ1n) is 24.1. The summed E-state index contributed by atoms with van der Waals surface area (Å²) in [5.74, 6) is 1.34. The molecule has 0 atom stereocenters. The SMILES string of the molecule is FC(F)(F)c1ccc(-c2cc(-n3c4cc(-n5c6ccccc6c6ccccc65)ccc4c4ccc(-n5c6ccccc6c6ccccc65)cc43)ccc2-c2nc(-c3ccccc3)nc(-c3ccccc3)n2)cc1. The fourth-order valence-corrected chi connectivity index (χ4v) is 10.8. The van der Waals surface area contributed by atoms with Crippen molar-refractivity contribution in [2.75, 3.05) is 0 Å². The van der Waals surface area contributed by atoms with Gasteiger partial charge in [0.05, 0.1) is 38.7 Å². The molecule has 0 N–H and O–H groups in total. The molecular weight excluding hydrogens is 910 g/mol. The van der Waals surface area contributed by atoms with Gasteiger partial charge in [-0.3, -0.25) is 0 Å². The third-order valence-electron chi connectivity index (χ3n) is 14.1. The molecule has 14 rings (SSSR count). The molecule has 73 heavy (non-hydrogen) atoms. The van der Waals surface area contributed by atoms with Crippen LogP contribution in [0.25, 0.3) is 128 Å². The first kappa shape index (κ1) is 42.3. The third kappa shape index (κ3) is 6.92. The van der Waals surface area contributed by atoms with E-state index in [0.29, 0.717) is 34.2 Å². The number of halogens is 3. The summed E-state index contributed by atoms with van der Waals surface area (Å²) >= 11 is 0. The second kappa shape index (κ2) is 16.5. The van der Waals surface area contributed by atoms with Crippen molar-refractivity contribution in [2.45, 2.75) is 6.18 Å². The number of hydrogen-bond acceptors (Lipinski definition) is 3. The Morgan fingerprint density at radius 2 is 0.630 bits per heavy atom. The van der Waals surface area contributed by atoms with Gasteiger partial charge in [0.15, 0.2) is 17.5 Å². The van der Waals surface area contributed by atoms with E-state index in [1.807, 2.05) is 66.7 Å². The third-order valence-corrected chi connectivity index (χ3v) is 14.1. The monoisotopic (exact) mass is 948 g/mol.